The molecule has 0 aliphatic rings. The van der Waals surface area contributed by atoms with E-state index >= 15 is 0 Å². The second kappa shape index (κ2) is 7.59. The minimum absolute atomic E-state index is 0.223. The molecule has 1 N–H and O–H groups in total. The molecule has 2 aromatic rings. The van der Waals surface area contributed by atoms with Gasteiger partial charge in [0.15, 0.2) is 0 Å². The van der Waals surface area contributed by atoms with E-state index in [1.807, 2.05) is 0 Å². The van der Waals surface area contributed by atoms with Gasteiger partial charge in [-0.3, -0.25) is 0 Å². The fraction of sp³-hybridized carbons (Fsp3) is 0.421. The minimum Gasteiger partial charge on any atom is -0.444 e. The molecule has 0 unspecified atom stereocenters. The Hall–Kier alpha value is -2.83. The first-order valence-electron chi connectivity index (χ1n) is 8.35. The lowest BCUT2D eigenvalue weighted by molar-refractivity contribution is -0.136. The number of nitrogens with one attached hydrogen (secondary N) is 1. The number of ether oxygens (including phenoxy) is 2. The highest BCUT2D eigenvalue weighted by molar-refractivity contribution is 5.85. The molecule has 7 heteroatoms. The largest absolute Gasteiger partial charge is 0.444 e. The Morgan fingerprint density at radius 2 is 1.92 bits per heavy atom. The van der Waals surface area contributed by atoms with Gasteiger partial charge in [0.2, 0.25) is 0 Å². The molecule has 140 valence electrons. The van der Waals surface area contributed by atoms with Gasteiger partial charge in [0.05, 0.1) is 0 Å². The highest BCUT2D eigenvalue weighted by atomic mass is 16.6. The topological polar surface area (TPSA) is 94.8 Å². The summed E-state index contributed by atoms with van der Waals surface area (Å²) < 4.78 is 15.6. The highest BCUT2D eigenvalue weighted by Gasteiger charge is 2.24. The molecule has 0 aliphatic heterocycles. The summed E-state index contributed by atoms with van der Waals surface area (Å²) in [7, 11) is 0. The smallest absolute Gasteiger partial charge is 0.408 e. The molecular formula is C19H23NO6. The van der Waals surface area contributed by atoms with Gasteiger partial charge in [-0.15, -0.1) is 0 Å². The Bertz CT molecular complexity index is 878. The third-order valence-corrected chi connectivity index (χ3v) is 3.52. The van der Waals surface area contributed by atoms with Crippen LogP contribution < -0.4 is 15.7 Å². The average molecular weight is 361 g/mol. The van der Waals surface area contributed by atoms with Gasteiger partial charge in [-0.1, -0.05) is 6.92 Å². The van der Waals surface area contributed by atoms with Crippen LogP contribution in [0.2, 0.25) is 0 Å². The van der Waals surface area contributed by atoms with Crippen molar-refractivity contribution < 1.29 is 23.5 Å². The van der Waals surface area contributed by atoms with E-state index < -0.39 is 29.3 Å². The Labute approximate surface area is 151 Å². The molecule has 0 saturated heterocycles. The van der Waals surface area contributed by atoms with Gasteiger partial charge in [0, 0.05) is 17.5 Å². The van der Waals surface area contributed by atoms with Crippen LogP contribution in [0, 0.1) is 6.92 Å². The van der Waals surface area contributed by atoms with Gasteiger partial charge in [-0.25, -0.2) is 14.4 Å². The SMILES string of the molecule is CC[C@H](NC(=O)OC(C)(C)C)C(=O)Oc1ccc2c(C)cc(=O)oc2c1. The normalized spacial score (nSPS) is 12.5. The first kappa shape index (κ1) is 19.5. The summed E-state index contributed by atoms with van der Waals surface area (Å²) in [5.74, 6) is -0.409. The van der Waals surface area contributed by atoms with Crippen molar-refractivity contribution in [3.05, 3.63) is 40.2 Å². The molecular weight excluding hydrogens is 338 g/mol. The Morgan fingerprint density at radius 3 is 2.54 bits per heavy atom. The quantitative estimate of drug-likeness (QED) is 0.510. The maximum absolute atomic E-state index is 12.3. The van der Waals surface area contributed by atoms with E-state index in [-0.39, 0.29) is 5.75 Å². The number of alkyl carbamates (subject to hydrolysis) is 1. The number of amides is 1. The van der Waals surface area contributed by atoms with Crippen LogP contribution in [0.25, 0.3) is 11.0 Å². The van der Waals surface area contributed by atoms with E-state index in [0.29, 0.717) is 12.0 Å². The van der Waals surface area contributed by atoms with Crippen molar-refractivity contribution in [1.82, 2.24) is 5.32 Å². The fourth-order valence-corrected chi connectivity index (χ4v) is 2.33. The van der Waals surface area contributed by atoms with Gasteiger partial charge in [-0.2, -0.15) is 0 Å². The van der Waals surface area contributed by atoms with Crippen LogP contribution in [0.15, 0.2) is 33.5 Å². The second-order valence-electron chi connectivity index (χ2n) is 6.93. The predicted molar refractivity (Wildman–Crippen MR) is 96.3 cm³/mol. The molecule has 0 aliphatic carbocycles. The third kappa shape index (κ3) is 5.08. The maximum atomic E-state index is 12.3. The molecule has 1 atom stereocenters. The van der Waals surface area contributed by atoms with Crippen LogP contribution in [0.3, 0.4) is 0 Å². The summed E-state index contributed by atoms with van der Waals surface area (Å²) in [6.45, 7) is 8.74. The van der Waals surface area contributed by atoms with Gasteiger partial charge < -0.3 is 19.2 Å². The molecule has 0 fully saturated rings. The first-order valence-corrected chi connectivity index (χ1v) is 8.35. The molecule has 1 heterocycles. The summed E-state index contributed by atoms with van der Waals surface area (Å²) in [6, 6.07) is 5.32. The monoisotopic (exact) mass is 361 g/mol. The summed E-state index contributed by atoms with van der Waals surface area (Å²) >= 11 is 0. The van der Waals surface area contributed by atoms with Crippen molar-refractivity contribution in [2.24, 2.45) is 0 Å². The van der Waals surface area contributed by atoms with E-state index in [1.54, 1.807) is 46.8 Å². The number of esters is 1. The van der Waals surface area contributed by atoms with Crippen molar-refractivity contribution in [3.8, 4) is 5.75 Å². The van der Waals surface area contributed by atoms with E-state index in [9.17, 15) is 14.4 Å². The number of hydrogen-bond donors (Lipinski definition) is 1. The highest BCUT2D eigenvalue weighted by Crippen LogP contribution is 2.22. The number of fused-ring (bicyclic) bond motifs is 1. The van der Waals surface area contributed by atoms with E-state index in [2.05, 4.69) is 5.32 Å². The van der Waals surface area contributed by atoms with E-state index in [4.69, 9.17) is 13.9 Å². The lowest BCUT2D eigenvalue weighted by Crippen LogP contribution is -2.44. The number of hydrogen-bond acceptors (Lipinski definition) is 6. The molecule has 1 amide bonds. The first-order chi connectivity index (χ1) is 12.1. The zero-order chi connectivity index (χ0) is 19.5. The van der Waals surface area contributed by atoms with Crippen molar-refractivity contribution in [2.75, 3.05) is 0 Å². The molecule has 0 radical (unpaired) electrons. The summed E-state index contributed by atoms with van der Waals surface area (Å²) in [4.78, 5) is 35.7. The molecule has 0 saturated carbocycles. The number of aryl methyl sites for hydroxylation is 1. The van der Waals surface area contributed by atoms with Crippen LogP contribution in [-0.4, -0.2) is 23.7 Å². The predicted octanol–water partition coefficient (Wildman–Crippen LogP) is 3.31. The van der Waals surface area contributed by atoms with Crippen molar-refractivity contribution in [1.29, 1.82) is 0 Å². The van der Waals surface area contributed by atoms with E-state index in [0.717, 1.165) is 10.9 Å². The molecule has 26 heavy (non-hydrogen) atoms. The zero-order valence-corrected chi connectivity index (χ0v) is 15.5. The van der Waals surface area contributed by atoms with Gasteiger partial charge in [0.1, 0.15) is 23.0 Å². The van der Waals surface area contributed by atoms with Crippen LogP contribution in [0.5, 0.6) is 5.75 Å². The van der Waals surface area contributed by atoms with Crippen LogP contribution in [0.1, 0.15) is 39.7 Å². The van der Waals surface area contributed by atoms with Crippen molar-refractivity contribution in [3.63, 3.8) is 0 Å². The van der Waals surface area contributed by atoms with Gasteiger partial charge >= 0.3 is 17.7 Å². The van der Waals surface area contributed by atoms with Crippen molar-refractivity contribution >= 4 is 23.0 Å². The molecule has 7 nitrogen and oxygen atoms in total. The minimum atomic E-state index is -0.856. The average Bonchev–Trinajstić information content (AvgIpc) is 2.50. The van der Waals surface area contributed by atoms with Gasteiger partial charge in [-0.05, 0) is 51.8 Å². The van der Waals surface area contributed by atoms with E-state index in [1.165, 1.54) is 12.1 Å². The van der Waals surface area contributed by atoms with Gasteiger partial charge in [0.25, 0.3) is 0 Å². The third-order valence-electron chi connectivity index (χ3n) is 3.52. The Morgan fingerprint density at radius 1 is 1.23 bits per heavy atom. The van der Waals surface area contributed by atoms with Crippen molar-refractivity contribution in [2.45, 2.75) is 52.7 Å². The summed E-state index contributed by atoms with van der Waals surface area (Å²) in [5.41, 5.74) is -0.0443. The second-order valence-corrected chi connectivity index (χ2v) is 6.93. The van der Waals surface area contributed by atoms with Crippen LogP contribution >= 0.6 is 0 Å². The lowest BCUT2D eigenvalue weighted by atomic mass is 10.1. The molecule has 1 aromatic carbocycles. The fourth-order valence-electron chi connectivity index (χ4n) is 2.33. The zero-order valence-electron chi connectivity index (χ0n) is 15.5. The molecule has 0 spiro atoms. The number of benzene rings is 1. The number of carbonyl (C=O) groups is 2. The summed E-state index contributed by atoms with van der Waals surface area (Å²) in [5, 5.41) is 3.24. The molecule has 0 bridgehead atoms. The Kier molecular flexibility index (Phi) is 5.69. The van der Waals surface area contributed by atoms with Crippen LogP contribution in [0.4, 0.5) is 4.79 Å². The summed E-state index contributed by atoms with van der Waals surface area (Å²) in [6.07, 6.45) is -0.360. The molecule has 1 aromatic heterocycles. The Balaban J connectivity index is 2.13. The molecule has 2 rings (SSSR count). The number of rotatable bonds is 4. The van der Waals surface area contributed by atoms with Crippen LogP contribution in [-0.2, 0) is 9.53 Å². The number of carbonyl (C=O) groups excluding carboxylic acids is 2. The standard InChI is InChI=1S/C19H23NO6/c1-6-14(20-18(23)26-19(3,4)5)17(22)24-12-7-8-13-11(2)9-16(21)25-15(13)10-12/h7-10,14H,6H2,1-5H3,(H,20,23)/t14-/m0/s1. The maximum Gasteiger partial charge on any atom is 0.408 e. The lowest BCUT2D eigenvalue weighted by Gasteiger charge is -2.22.